The van der Waals surface area contributed by atoms with Crippen molar-refractivity contribution in [1.29, 1.82) is 0 Å². The van der Waals surface area contributed by atoms with Crippen LogP contribution in [0, 0.1) is 0 Å². The average molecular weight is 320 g/mol. The number of rotatable bonds is 3. The normalized spacial score (nSPS) is 8.58. The Labute approximate surface area is 145 Å². The maximum Gasteiger partial charge on any atom is 0.118 e. The second-order valence-corrected chi connectivity index (χ2v) is 4.65. The first-order valence-electron chi connectivity index (χ1n) is 7.65. The number of hydrogen-bond acceptors (Lipinski definition) is 2. The minimum Gasteiger partial charge on any atom is -0.497 e. The topological polar surface area (TPSA) is 18.5 Å². The van der Waals surface area contributed by atoms with Crippen molar-refractivity contribution >= 4 is 6.08 Å². The van der Waals surface area contributed by atoms with Crippen LogP contribution < -0.4 is 9.47 Å². The molecule has 0 N–H and O–H groups in total. The molecule has 2 heteroatoms. The second kappa shape index (κ2) is 12.5. The van der Waals surface area contributed by atoms with Gasteiger partial charge in [-0.3, -0.25) is 0 Å². The molecule has 0 saturated carbocycles. The lowest BCUT2D eigenvalue weighted by Crippen LogP contribution is -1.78. The molecule has 0 bridgehead atoms. The van der Waals surface area contributed by atoms with E-state index in [1.165, 1.54) is 5.56 Å². The van der Waals surface area contributed by atoms with Crippen molar-refractivity contribution < 1.29 is 9.47 Å². The lowest BCUT2D eigenvalue weighted by Gasteiger charge is -1.93. The van der Waals surface area contributed by atoms with Gasteiger partial charge in [0, 0.05) is 0 Å². The van der Waals surface area contributed by atoms with Gasteiger partial charge in [0.15, 0.2) is 0 Å². The third-order valence-electron chi connectivity index (χ3n) is 2.99. The molecular weight excluding hydrogens is 296 g/mol. The number of para-hydroxylation sites is 2. The lowest BCUT2D eigenvalue weighted by molar-refractivity contribution is 0.414. The molecule has 0 fully saturated rings. The zero-order valence-electron chi connectivity index (χ0n) is 14.3. The second-order valence-electron chi connectivity index (χ2n) is 4.65. The van der Waals surface area contributed by atoms with E-state index < -0.39 is 0 Å². The van der Waals surface area contributed by atoms with Crippen molar-refractivity contribution in [2.75, 3.05) is 14.2 Å². The Morgan fingerprint density at radius 1 is 0.583 bits per heavy atom. The van der Waals surface area contributed by atoms with Crippen LogP contribution in [0.15, 0.2) is 97.6 Å². The van der Waals surface area contributed by atoms with Crippen LogP contribution >= 0.6 is 0 Å². The van der Waals surface area contributed by atoms with E-state index in [9.17, 15) is 0 Å². The Kier molecular flexibility index (Phi) is 9.95. The number of hydrogen-bond donors (Lipinski definition) is 0. The summed E-state index contributed by atoms with van der Waals surface area (Å²) in [6, 6.07) is 29.4. The molecule has 3 aromatic rings. The van der Waals surface area contributed by atoms with Crippen molar-refractivity contribution in [2.24, 2.45) is 0 Å². The van der Waals surface area contributed by atoms with Gasteiger partial charge in [0.2, 0.25) is 0 Å². The van der Waals surface area contributed by atoms with Crippen LogP contribution in [0.25, 0.3) is 6.08 Å². The monoisotopic (exact) mass is 320 g/mol. The highest BCUT2D eigenvalue weighted by Gasteiger charge is 1.81. The maximum atomic E-state index is 4.91. The first-order valence-corrected chi connectivity index (χ1v) is 7.65. The highest BCUT2D eigenvalue weighted by atomic mass is 16.5. The van der Waals surface area contributed by atoms with E-state index >= 15 is 0 Å². The van der Waals surface area contributed by atoms with Crippen LogP contribution in [-0.4, -0.2) is 14.2 Å². The van der Waals surface area contributed by atoms with Crippen LogP contribution in [0.5, 0.6) is 11.5 Å². The fraction of sp³-hybridized carbons (Fsp3) is 0.0909. The van der Waals surface area contributed by atoms with Gasteiger partial charge in [0.25, 0.3) is 0 Å². The standard InChI is InChI=1S/C8H8.2C7H8O/c1-2-8-6-4-3-5-7-8;2*1-8-7-5-3-2-4-6-7/h2-7H,1H2;2*2-6H,1H3. The Morgan fingerprint density at radius 2 is 0.917 bits per heavy atom. The van der Waals surface area contributed by atoms with Crippen LogP contribution in [0.1, 0.15) is 5.56 Å². The molecule has 0 aliphatic rings. The molecule has 0 saturated heterocycles. The van der Waals surface area contributed by atoms with Crippen LogP contribution in [0.2, 0.25) is 0 Å². The third-order valence-corrected chi connectivity index (χ3v) is 2.99. The first-order chi connectivity index (χ1) is 11.8. The lowest BCUT2D eigenvalue weighted by atomic mass is 10.2. The summed E-state index contributed by atoms with van der Waals surface area (Å²) in [4.78, 5) is 0. The van der Waals surface area contributed by atoms with Gasteiger partial charge in [-0.05, 0) is 29.8 Å². The maximum absolute atomic E-state index is 4.91. The summed E-state index contributed by atoms with van der Waals surface area (Å²) in [5.41, 5.74) is 1.17. The molecule has 0 aliphatic heterocycles. The van der Waals surface area contributed by atoms with Gasteiger partial charge in [-0.1, -0.05) is 79.4 Å². The fourth-order valence-corrected chi connectivity index (χ4v) is 1.70. The van der Waals surface area contributed by atoms with Gasteiger partial charge in [-0.25, -0.2) is 0 Å². The van der Waals surface area contributed by atoms with Crippen LogP contribution in [-0.2, 0) is 0 Å². The Bertz CT molecular complexity index is 610. The van der Waals surface area contributed by atoms with Gasteiger partial charge in [0.1, 0.15) is 11.5 Å². The minimum atomic E-state index is 0.910. The summed E-state index contributed by atoms with van der Waals surface area (Å²) in [6.45, 7) is 3.63. The van der Waals surface area contributed by atoms with E-state index in [1.807, 2.05) is 97.1 Å². The molecule has 0 radical (unpaired) electrons. The number of ether oxygens (including phenoxy) is 2. The molecule has 0 heterocycles. The fourth-order valence-electron chi connectivity index (χ4n) is 1.70. The summed E-state index contributed by atoms with van der Waals surface area (Å²) in [5, 5.41) is 0. The van der Waals surface area contributed by atoms with Crippen LogP contribution in [0.3, 0.4) is 0 Å². The van der Waals surface area contributed by atoms with Crippen molar-refractivity contribution in [1.82, 2.24) is 0 Å². The van der Waals surface area contributed by atoms with Crippen molar-refractivity contribution in [3.05, 3.63) is 103 Å². The van der Waals surface area contributed by atoms with Gasteiger partial charge in [-0.15, -0.1) is 0 Å². The number of benzene rings is 3. The van der Waals surface area contributed by atoms with Crippen molar-refractivity contribution in [3.63, 3.8) is 0 Å². The summed E-state index contributed by atoms with van der Waals surface area (Å²) in [7, 11) is 3.32. The van der Waals surface area contributed by atoms with E-state index in [0.29, 0.717) is 0 Å². The van der Waals surface area contributed by atoms with Gasteiger partial charge >= 0.3 is 0 Å². The SMILES string of the molecule is C=Cc1ccccc1.COc1ccccc1.COc1ccccc1. The van der Waals surface area contributed by atoms with Gasteiger partial charge in [0.05, 0.1) is 14.2 Å². The van der Waals surface area contributed by atoms with Crippen LogP contribution in [0.4, 0.5) is 0 Å². The molecule has 0 unspecified atom stereocenters. The van der Waals surface area contributed by atoms with E-state index in [2.05, 4.69) is 6.58 Å². The Hall–Kier alpha value is -3.00. The van der Waals surface area contributed by atoms with E-state index in [-0.39, 0.29) is 0 Å². The molecule has 0 aliphatic carbocycles. The van der Waals surface area contributed by atoms with E-state index in [4.69, 9.17) is 9.47 Å². The summed E-state index contributed by atoms with van der Waals surface area (Å²) in [6.07, 6.45) is 1.83. The molecule has 0 aromatic heterocycles. The third kappa shape index (κ3) is 8.44. The molecule has 3 aromatic carbocycles. The highest BCUT2D eigenvalue weighted by Crippen LogP contribution is 2.06. The van der Waals surface area contributed by atoms with E-state index in [0.717, 1.165) is 11.5 Å². The van der Waals surface area contributed by atoms with Crippen molar-refractivity contribution in [3.8, 4) is 11.5 Å². The Morgan fingerprint density at radius 3 is 1.12 bits per heavy atom. The predicted octanol–water partition coefficient (Wildman–Crippen LogP) is 5.72. The predicted molar refractivity (Wildman–Crippen MR) is 103 cm³/mol. The smallest absolute Gasteiger partial charge is 0.118 e. The van der Waals surface area contributed by atoms with Gasteiger partial charge in [-0.2, -0.15) is 0 Å². The van der Waals surface area contributed by atoms with Gasteiger partial charge < -0.3 is 9.47 Å². The molecular formula is C22H24O2. The largest absolute Gasteiger partial charge is 0.497 e. The van der Waals surface area contributed by atoms with E-state index in [1.54, 1.807) is 14.2 Å². The molecule has 124 valence electrons. The molecule has 0 spiro atoms. The summed E-state index contributed by atoms with van der Waals surface area (Å²) < 4.78 is 9.83. The number of methoxy groups -OCH3 is 2. The summed E-state index contributed by atoms with van der Waals surface area (Å²) >= 11 is 0. The highest BCUT2D eigenvalue weighted by molar-refractivity contribution is 5.45. The summed E-state index contributed by atoms with van der Waals surface area (Å²) in [5.74, 6) is 1.82. The zero-order chi connectivity index (χ0) is 17.5. The average Bonchev–Trinajstić information content (AvgIpc) is 2.71. The molecule has 0 atom stereocenters. The molecule has 2 nitrogen and oxygen atoms in total. The van der Waals surface area contributed by atoms with Crippen molar-refractivity contribution in [2.45, 2.75) is 0 Å². The molecule has 3 rings (SSSR count). The Balaban J connectivity index is 0.000000180. The minimum absolute atomic E-state index is 0.910. The zero-order valence-corrected chi connectivity index (χ0v) is 14.3. The first kappa shape index (κ1) is 19.0. The molecule has 24 heavy (non-hydrogen) atoms. The molecule has 0 amide bonds. The quantitative estimate of drug-likeness (QED) is 0.614.